The standard InChI is InChI=1S/C12H15BrN2O4S/c1-7(12(18)19)15(5-4-14-8(2)16)11(17)10-9(13)3-6-20-10/h3,6-7H,4-5H2,1-2H3,(H,14,16)(H,18,19). The molecule has 2 amide bonds. The number of rotatable bonds is 6. The highest BCUT2D eigenvalue weighted by Gasteiger charge is 2.28. The third-order valence-corrected chi connectivity index (χ3v) is 4.45. The summed E-state index contributed by atoms with van der Waals surface area (Å²) in [5.74, 6) is -1.68. The molecule has 0 spiro atoms. The van der Waals surface area contributed by atoms with Crippen LogP contribution in [0.4, 0.5) is 0 Å². The number of carbonyl (C=O) groups excluding carboxylic acids is 2. The van der Waals surface area contributed by atoms with Gasteiger partial charge in [-0.1, -0.05) is 0 Å². The Morgan fingerprint density at radius 2 is 2.15 bits per heavy atom. The maximum Gasteiger partial charge on any atom is 0.326 e. The maximum atomic E-state index is 12.4. The molecule has 0 aliphatic carbocycles. The number of hydrogen-bond donors (Lipinski definition) is 2. The van der Waals surface area contributed by atoms with Crippen LogP contribution >= 0.6 is 27.3 Å². The summed E-state index contributed by atoms with van der Waals surface area (Å²) in [5.41, 5.74) is 0. The number of thiophene rings is 1. The van der Waals surface area contributed by atoms with E-state index in [0.29, 0.717) is 9.35 Å². The molecule has 1 heterocycles. The van der Waals surface area contributed by atoms with E-state index in [-0.39, 0.29) is 24.9 Å². The normalized spacial score (nSPS) is 11.8. The average molecular weight is 363 g/mol. The van der Waals surface area contributed by atoms with Crippen molar-refractivity contribution in [2.45, 2.75) is 19.9 Å². The second kappa shape index (κ2) is 7.39. The summed E-state index contributed by atoms with van der Waals surface area (Å²) in [7, 11) is 0. The summed E-state index contributed by atoms with van der Waals surface area (Å²) in [6.45, 7) is 3.15. The highest BCUT2D eigenvalue weighted by Crippen LogP contribution is 2.24. The van der Waals surface area contributed by atoms with Gasteiger partial charge in [-0.05, 0) is 34.3 Å². The van der Waals surface area contributed by atoms with Crippen LogP contribution in [0.5, 0.6) is 0 Å². The smallest absolute Gasteiger partial charge is 0.326 e. The lowest BCUT2D eigenvalue weighted by molar-refractivity contribution is -0.141. The van der Waals surface area contributed by atoms with Crippen LogP contribution in [-0.4, -0.2) is 46.9 Å². The topological polar surface area (TPSA) is 86.7 Å². The third-order valence-electron chi connectivity index (χ3n) is 2.62. The van der Waals surface area contributed by atoms with Crippen molar-refractivity contribution < 1.29 is 19.5 Å². The summed E-state index contributed by atoms with van der Waals surface area (Å²) in [4.78, 5) is 36.0. The fourth-order valence-electron chi connectivity index (χ4n) is 1.53. The van der Waals surface area contributed by atoms with Gasteiger partial charge in [0.1, 0.15) is 10.9 Å². The largest absolute Gasteiger partial charge is 0.480 e. The van der Waals surface area contributed by atoms with Crippen molar-refractivity contribution in [3.8, 4) is 0 Å². The molecule has 1 atom stereocenters. The summed E-state index contributed by atoms with van der Waals surface area (Å²) < 4.78 is 0.634. The molecule has 0 fully saturated rings. The van der Waals surface area contributed by atoms with Crippen molar-refractivity contribution in [2.75, 3.05) is 13.1 Å². The first-order valence-corrected chi connectivity index (χ1v) is 7.53. The van der Waals surface area contributed by atoms with E-state index in [9.17, 15) is 14.4 Å². The molecule has 0 radical (unpaired) electrons. The number of nitrogens with zero attached hydrogens (tertiary/aromatic N) is 1. The van der Waals surface area contributed by atoms with E-state index >= 15 is 0 Å². The van der Waals surface area contributed by atoms with Gasteiger partial charge >= 0.3 is 5.97 Å². The molecule has 0 aromatic carbocycles. The monoisotopic (exact) mass is 362 g/mol. The van der Waals surface area contributed by atoms with Gasteiger partial charge in [-0.2, -0.15) is 0 Å². The first-order chi connectivity index (χ1) is 9.34. The van der Waals surface area contributed by atoms with E-state index in [1.165, 1.54) is 30.1 Å². The van der Waals surface area contributed by atoms with Crippen LogP contribution in [0.25, 0.3) is 0 Å². The Morgan fingerprint density at radius 1 is 1.50 bits per heavy atom. The lowest BCUT2D eigenvalue weighted by Gasteiger charge is -2.26. The molecule has 2 N–H and O–H groups in total. The van der Waals surface area contributed by atoms with E-state index in [0.717, 1.165) is 0 Å². The van der Waals surface area contributed by atoms with Gasteiger partial charge < -0.3 is 15.3 Å². The highest BCUT2D eigenvalue weighted by atomic mass is 79.9. The summed E-state index contributed by atoms with van der Waals surface area (Å²) in [6.07, 6.45) is 0. The number of halogens is 1. The van der Waals surface area contributed by atoms with E-state index in [1.54, 1.807) is 11.4 Å². The fourth-order valence-corrected chi connectivity index (χ4v) is 3.03. The summed E-state index contributed by atoms with van der Waals surface area (Å²) >= 11 is 4.50. The Hall–Kier alpha value is -1.41. The molecule has 1 unspecified atom stereocenters. The second-order valence-electron chi connectivity index (χ2n) is 4.09. The molecule has 1 aromatic heterocycles. The molecule has 0 aliphatic heterocycles. The predicted octanol–water partition coefficient (Wildman–Crippen LogP) is 1.56. The lowest BCUT2D eigenvalue weighted by atomic mass is 10.2. The molecule has 0 saturated carbocycles. The van der Waals surface area contributed by atoms with Crippen LogP contribution in [0, 0.1) is 0 Å². The molecule has 1 aromatic rings. The van der Waals surface area contributed by atoms with Crippen molar-refractivity contribution in [1.82, 2.24) is 10.2 Å². The Kier molecular flexibility index (Phi) is 6.15. The first kappa shape index (κ1) is 16.6. The molecular formula is C12H15BrN2O4S. The molecule has 20 heavy (non-hydrogen) atoms. The van der Waals surface area contributed by atoms with E-state index < -0.39 is 12.0 Å². The Balaban J connectivity index is 2.87. The molecule has 110 valence electrons. The summed E-state index contributed by atoms with van der Waals surface area (Å²) in [5, 5.41) is 13.4. The molecule has 0 bridgehead atoms. The number of carboxylic acid groups (broad SMARTS) is 1. The van der Waals surface area contributed by atoms with Gasteiger partial charge in [0.25, 0.3) is 5.91 Å². The van der Waals surface area contributed by atoms with Crippen LogP contribution in [0.1, 0.15) is 23.5 Å². The summed E-state index contributed by atoms with van der Waals surface area (Å²) in [6, 6.07) is 0.764. The van der Waals surface area contributed by atoms with Crippen LogP contribution < -0.4 is 5.32 Å². The zero-order valence-corrected chi connectivity index (χ0v) is 13.5. The van der Waals surface area contributed by atoms with Gasteiger partial charge in [-0.3, -0.25) is 9.59 Å². The van der Waals surface area contributed by atoms with Crippen molar-refractivity contribution in [3.05, 3.63) is 20.8 Å². The zero-order chi connectivity index (χ0) is 15.3. The molecule has 0 aliphatic rings. The number of carbonyl (C=O) groups is 3. The Labute approximate surface area is 128 Å². The van der Waals surface area contributed by atoms with Crippen LogP contribution in [0.15, 0.2) is 15.9 Å². The van der Waals surface area contributed by atoms with Gasteiger partial charge in [-0.25, -0.2) is 4.79 Å². The number of aliphatic carboxylic acids is 1. The number of nitrogens with one attached hydrogen (secondary N) is 1. The molecule has 0 saturated heterocycles. The van der Waals surface area contributed by atoms with E-state index in [4.69, 9.17) is 5.11 Å². The zero-order valence-electron chi connectivity index (χ0n) is 11.1. The van der Waals surface area contributed by atoms with E-state index in [1.807, 2.05) is 0 Å². The van der Waals surface area contributed by atoms with Gasteiger partial charge in [0.05, 0.1) is 0 Å². The lowest BCUT2D eigenvalue weighted by Crippen LogP contribution is -2.46. The number of hydrogen-bond acceptors (Lipinski definition) is 4. The van der Waals surface area contributed by atoms with Gasteiger partial charge in [0, 0.05) is 24.5 Å². The molecule has 8 heteroatoms. The van der Waals surface area contributed by atoms with Crippen molar-refractivity contribution in [1.29, 1.82) is 0 Å². The van der Waals surface area contributed by atoms with Crippen LogP contribution in [0.2, 0.25) is 0 Å². The third kappa shape index (κ3) is 4.31. The Bertz CT molecular complexity index is 517. The van der Waals surface area contributed by atoms with Crippen LogP contribution in [-0.2, 0) is 9.59 Å². The van der Waals surface area contributed by atoms with Gasteiger partial charge in [-0.15, -0.1) is 11.3 Å². The average Bonchev–Trinajstić information content (AvgIpc) is 2.79. The van der Waals surface area contributed by atoms with E-state index in [2.05, 4.69) is 21.2 Å². The quantitative estimate of drug-likeness (QED) is 0.803. The minimum Gasteiger partial charge on any atom is -0.480 e. The maximum absolute atomic E-state index is 12.4. The van der Waals surface area contributed by atoms with Gasteiger partial charge in [0.2, 0.25) is 5.91 Å². The minimum atomic E-state index is -1.09. The fraction of sp³-hybridized carbons (Fsp3) is 0.417. The number of carboxylic acids is 1. The second-order valence-corrected chi connectivity index (χ2v) is 5.86. The predicted molar refractivity (Wildman–Crippen MR) is 78.8 cm³/mol. The minimum absolute atomic E-state index is 0.135. The Morgan fingerprint density at radius 3 is 2.60 bits per heavy atom. The van der Waals surface area contributed by atoms with Crippen LogP contribution in [0.3, 0.4) is 0 Å². The molecular weight excluding hydrogens is 348 g/mol. The van der Waals surface area contributed by atoms with Gasteiger partial charge in [0.15, 0.2) is 0 Å². The first-order valence-electron chi connectivity index (χ1n) is 5.85. The van der Waals surface area contributed by atoms with Crippen molar-refractivity contribution in [3.63, 3.8) is 0 Å². The number of amides is 2. The molecule has 6 nitrogen and oxygen atoms in total. The SMILES string of the molecule is CC(=O)NCCN(C(=O)c1sccc1Br)C(C)C(=O)O. The van der Waals surface area contributed by atoms with Crippen molar-refractivity contribution >= 4 is 45.1 Å². The highest BCUT2D eigenvalue weighted by molar-refractivity contribution is 9.10. The molecule has 1 rings (SSSR count). The van der Waals surface area contributed by atoms with Crippen molar-refractivity contribution in [2.24, 2.45) is 0 Å².